The molecule has 0 aliphatic carbocycles. The van der Waals surface area contributed by atoms with Crippen LogP contribution in [-0.2, 0) is 19.6 Å². The fourth-order valence-electron chi connectivity index (χ4n) is 2.01. The van der Waals surface area contributed by atoms with Crippen molar-refractivity contribution < 1.29 is 31.5 Å². The van der Waals surface area contributed by atoms with Crippen molar-refractivity contribution in [2.24, 2.45) is 0 Å². The summed E-state index contributed by atoms with van der Waals surface area (Å²) in [6.07, 6.45) is 1.38. The first-order valence-corrected chi connectivity index (χ1v) is 9.34. The second-order valence-corrected chi connectivity index (χ2v) is 7.19. The summed E-state index contributed by atoms with van der Waals surface area (Å²) in [5.41, 5.74) is 0.0322. The van der Waals surface area contributed by atoms with E-state index in [1.165, 1.54) is 30.3 Å². The van der Waals surface area contributed by atoms with Gasteiger partial charge in [-0.15, -0.1) is 6.58 Å². The summed E-state index contributed by atoms with van der Waals surface area (Å²) in [5.74, 6) is -3.81. The van der Waals surface area contributed by atoms with E-state index in [4.69, 9.17) is 4.74 Å². The molecule has 2 aromatic carbocycles. The van der Waals surface area contributed by atoms with E-state index >= 15 is 0 Å². The molecule has 7 nitrogen and oxygen atoms in total. The monoisotopic (exact) mass is 410 g/mol. The van der Waals surface area contributed by atoms with Crippen LogP contribution in [0.5, 0.6) is 0 Å². The van der Waals surface area contributed by atoms with Crippen LogP contribution in [0.15, 0.2) is 60.0 Å². The molecule has 0 heterocycles. The molecule has 0 spiro atoms. The molecule has 2 rings (SSSR count). The van der Waals surface area contributed by atoms with E-state index in [0.29, 0.717) is 0 Å². The number of amides is 1. The van der Waals surface area contributed by atoms with Gasteiger partial charge in [-0.3, -0.25) is 4.79 Å². The van der Waals surface area contributed by atoms with Gasteiger partial charge in [0.15, 0.2) is 18.2 Å². The van der Waals surface area contributed by atoms with Gasteiger partial charge in [0.25, 0.3) is 5.91 Å². The van der Waals surface area contributed by atoms with Crippen LogP contribution >= 0.6 is 0 Å². The number of ether oxygens (including phenoxy) is 1. The number of benzene rings is 2. The summed E-state index contributed by atoms with van der Waals surface area (Å²) in [7, 11) is -3.73. The average Bonchev–Trinajstić information content (AvgIpc) is 2.67. The number of anilines is 1. The molecule has 2 aromatic rings. The van der Waals surface area contributed by atoms with Crippen molar-refractivity contribution in [3.8, 4) is 0 Å². The molecule has 0 saturated heterocycles. The summed E-state index contributed by atoms with van der Waals surface area (Å²) in [5, 5.41) is 2.25. The second-order valence-electron chi connectivity index (χ2n) is 5.42. The number of halogens is 2. The zero-order valence-electron chi connectivity index (χ0n) is 14.4. The second kappa shape index (κ2) is 9.20. The van der Waals surface area contributed by atoms with Crippen molar-refractivity contribution in [1.82, 2.24) is 4.72 Å². The first-order chi connectivity index (χ1) is 13.2. The highest BCUT2D eigenvalue weighted by Crippen LogP contribution is 2.14. The summed E-state index contributed by atoms with van der Waals surface area (Å²) < 4.78 is 56.9. The van der Waals surface area contributed by atoms with Crippen LogP contribution in [-0.4, -0.2) is 33.4 Å². The van der Waals surface area contributed by atoms with Crippen molar-refractivity contribution >= 4 is 27.6 Å². The van der Waals surface area contributed by atoms with Gasteiger partial charge in [0.2, 0.25) is 10.0 Å². The number of sulfonamides is 1. The third kappa shape index (κ3) is 5.69. The summed E-state index contributed by atoms with van der Waals surface area (Å²) in [4.78, 5) is 23.6. The molecule has 0 atom stereocenters. The van der Waals surface area contributed by atoms with Gasteiger partial charge in [0.05, 0.1) is 10.5 Å². The van der Waals surface area contributed by atoms with Gasteiger partial charge in [-0.2, -0.15) is 0 Å². The minimum Gasteiger partial charge on any atom is -0.452 e. The van der Waals surface area contributed by atoms with Gasteiger partial charge in [-0.05, 0) is 36.4 Å². The Balaban J connectivity index is 1.92. The topological polar surface area (TPSA) is 102 Å². The molecule has 0 unspecified atom stereocenters. The van der Waals surface area contributed by atoms with E-state index in [-0.39, 0.29) is 22.7 Å². The van der Waals surface area contributed by atoms with Gasteiger partial charge in [0.1, 0.15) is 0 Å². The highest BCUT2D eigenvalue weighted by molar-refractivity contribution is 7.89. The Morgan fingerprint density at radius 2 is 1.75 bits per heavy atom. The third-order valence-corrected chi connectivity index (χ3v) is 4.80. The largest absolute Gasteiger partial charge is 0.452 e. The van der Waals surface area contributed by atoms with Crippen LogP contribution in [0.1, 0.15) is 10.4 Å². The predicted octanol–water partition coefficient (Wildman–Crippen LogP) is 2.22. The van der Waals surface area contributed by atoms with E-state index in [1.807, 2.05) is 0 Å². The lowest BCUT2D eigenvalue weighted by molar-refractivity contribution is -0.119. The molecular weight excluding hydrogens is 394 g/mol. The van der Waals surface area contributed by atoms with Gasteiger partial charge in [-0.25, -0.2) is 26.7 Å². The molecule has 0 fully saturated rings. The minimum absolute atomic E-state index is 0.00142. The quantitative estimate of drug-likeness (QED) is 0.513. The predicted molar refractivity (Wildman–Crippen MR) is 97.1 cm³/mol. The molecule has 0 aliphatic heterocycles. The summed E-state index contributed by atoms with van der Waals surface area (Å²) in [6.45, 7) is 2.79. The number of rotatable bonds is 8. The SMILES string of the molecule is C=CCNS(=O)(=O)c1ccc(C(=O)OCC(=O)Nc2ccc(F)c(F)c2)cc1. The zero-order chi connectivity index (χ0) is 20.7. The summed E-state index contributed by atoms with van der Waals surface area (Å²) in [6, 6.07) is 7.67. The average molecular weight is 410 g/mol. The van der Waals surface area contributed by atoms with Crippen LogP contribution in [0.3, 0.4) is 0 Å². The molecule has 10 heteroatoms. The first-order valence-electron chi connectivity index (χ1n) is 7.85. The molecule has 148 valence electrons. The number of carbonyl (C=O) groups excluding carboxylic acids is 2. The Morgan fingerprint density at radius 1 is 1.07 bits per heavy atom. The molecule has 0 saturated carbocycles. The number of carbonyl (C=O) groups is 2. The Morgan fingerprint density at radius 3 is 2.36 bits per heavy atom. The van der Waals surface area contributed by atoms with E-state index in [0.717, 1.165) is 18.2 Å². The molecule has 2 N–H and O–H groups in total. The molecule has 28 heavy (non-hydrogen) atoms. The van der Waals surface area contributed by atoms with E-state index in [2.05, 4.69) is 16.6 Å². The highest BCUT2D eigenvalue weighted by Gasteiger charge is 2.15. The van der Waals surface area contributed by atoms with Gasteiger partial charge in [-0.1, -0.05) is 6.08 Å². The Labute approximate surface area is 160 Å². The molecule has 0 bridgehead atoms. The van der Waals surface area contributed by atoms with E-state index in [1.54, 1.807) is 0 Å². The minimum atomic E-state index is -3.73. The smallest absolute Gasteiger partial charge is 0.338 e. The maximum atomic E-state index is 13.1. The lowest BCUT2D eigenvalue weighted by atomic mass is 10.2. The number of esters is 1. The van der Waals surface area contributed by atoms with Crippen molar-refractivity contribution in [2.75, 3.05) is 18.5 Å². The van der Waals surface area contributed by atoms with Crippen LogP contribution < -0.4 is 10.0 Å². The fraction of sp³-hybridized carbons (Fsp3) is 0.111. The van der Waals surface area contributed by atoms with Gasteiger partial charge < -0.3 is 10.1 Å². The highest BCUT2D eigenvalue weighted by atomic mass is 32.2. The van der Waals surface area contributed by atoms with Crippen molar-refractivity contribution in [2.45, 2.75) is 4.90 Å². The molecule has 0 radical (unpaired) electrons. The molecular formula is C18H16F2N2O5S. The fourth-order valence-corrected chi connectivity index (χ4v) is 3.01. The summed E-state index contributed by atoms with van der Waals surface area (Å²) >= 11 is 0. The molecule has 1 amide bonds. The Bertz CT molecular complexity index is 992. The van der Waals surface area contributed by atoms with Crippen LogP contribution in [0, 0.1) is 11.6 Å². The lowest BCUT2D eigenvalue weighted by Gasteiger charge is -2.08. The normalized spacial score (nSPS) is 10.9. The standard InChI is InChI=1S/C18H16F2N2O5S/c1-2-9-21-28(25,26)14-6-3-12(4-7-14)18(24)27-11-17(23)22-13-5-8-15(19)16(20)10-13/h2-8,10,21H,1,9,11H2,(H,22,23). The van der Waals surface area contributed by atoms with Crippen molar-refractivity contribution in [3.05, 3.63) is 72.3 Å². The zero-order valence-corrected chi connectivity index (χ0v) is 15.3. The number of hydrogen-bond donors (Lipinski definition) is 2. The van der Waals surface area contributed by atoms with Crippen LogP contribution in [0.2, 0.25) is 0 Å². The van der Waals surface area contributed by atoms with Gasteiger partial charge in [0, 0.05) is 18.3 Å². The number of nitrogens with one attached hydrogen (secondary N) is 2. The first kappa shape index (κ1) is 21.2. The van der Waals surface area contributed by atoms with Crippen LogP contribution in [0.25, 0.3) is 0 Å². The third-order valence-electron chi connectivity index (χ3n) is 3.36. The maximum absolute atomic E-state index is 13.1. The van der Waals surface area contributed by atoms with E-state index in [9.17, 15) is 26.8 Å². The van der Waals surface area contributed by atoms with Crippen LogP contribution in [0.4, 0.5) is 14.5 Å². The molecule has 0 aromatic heterocycles. The van der Waals surface area contributed by atoms with E-state index < -0.39 is 40.1 Å². The lowest BCUT2D eigenvalue weighted by Crippen LogP contribution is -2.23. The molecule has 0 aliphatic rings. The van der Waals surface area contributed by atoms with Crippen molar-refractivity contribution in [3.63, 3.8) is 0 Å². The number of hydrogen-bond acceptors (Lipinski definition) is 5. The Kier molecular flexibility index (Phi) is 6.96. The maximum Gasteiger partial charge on any atom is 0.338 e. The van der Waals surface area contributed by atoms with Gasteiger partial charge >= 0.3 is 5.97 Å². The Hall–Kier alpha value is -3.11. The van der Waals surface area contributed by atoms with Crippen molar-refractivity contribution in [1.29, 1.82) is 0 Å².